The molecule has 0 radical (unpaired) electrons. The van der Waals surface area contributed by atoms with Gasteiger partial charge in [-0.15, -0.1) is 0 Å². The van der Waals surface area contributed by atoms with Crippen molar-refractivity contribution in [2.75, 3.05) is 0 Å². The maximum Gasteiger partial charge on any atom is 0.195 e. The SMILES string of the molecule is Cc1cc(F)ccc1C(=O)c1cccc2cccnc12. The van der Waals surface area contributed by atoms with Gasteiger partial charge in [-0.3, -0.25) is 9.78 Å². The van der Waals surface area contributed by atoms with Gasteiger partial charge in [-0.05, 0) is 42.8 Å². The number of para-hydroxylation sites is 1. The summed E-state index contributed by atoms with van der Waals surface area (Å²) in [5, 5.41) is 0.915. The fourth-order valence-corrected chi connectivity index (χ4v) is 2.31. The molecule has 98 valence electrons. The maximum absolute atomic E-state index is 13.1. The molecule has 0 amide bonds. The lowest BCUT2D eigenvalue weighted by Crippen LogP contribution is -2.05. The molecule has 0 aliphatic heterocycles. The van der Waals surface area contributed by atoms with E-state index >= 15 is 0 Å². The molecule has 0 spiro atoms. The molecule has 0 N–H and O–H groups in total. The van der Waals surface area contributed by atoms with Crippen LogP contribution in [0.1, 0.15) is 21.5 Å². The molecule has 0 saturated carbocycles. The quantitative estimate of drug-likeness (QED) is 0.657. The number of aryl methyl sites for hydroxylation is 1. The van der Waals surface area contributed by atoms with Gasteiger partial charge in [0, 0.05) is 22.7 Å². The molecule has 0 saturated heterocycles. The molecule has 20 heavy (non-hydrogen) atoms. The Hall–Kier alpha value is -2.55. The minimum Gasteiger partial charge on any atom is -0.289 e. The van der Waals surface area contributed by atoms with Gasteiger partial charge in [0.15, 0.2) is 5.78 Å². The van der Waals surface area contributed by atoms with E-state index in [1.165, 1.54) is 18.2 Å². The highest BCUT2D eigenvalue weighted by atomic mass is 19.1. The van der Waals surface area contributed by atoms with Crippen LogP contribution in [0.15, 0.2) is 54.7 Å². The molecule has 1 heterocycles. The highest BCUT2D eigenvalue weighted by Crippen LogP contribution is 2.21. The van der Waals surface area contributed by atoms with E-state index in [0.717, 1.165) is 5.39 Å². The van der Waals surface area contributed by atoms with Crippen LogP contribution in [-0.2, 0) is 0 Å². The maximum atomic E-state index is 13.1. The Morgan fingerprint density at radius 2 is 1.85 bits per heavy atom. The summed E-state index contributed by atoms with van der Waals surface area (Å²) in [5.74, 6) is -0.470. The van der Waals surface area contributed by atoms with Crippen LogP contribution in [-0.4, -0.2) is 10.8 Å². The van der Waals surface area contributed by atoms with Gasteiger partial charge in [0.25, 0.3) is 0 Å². The van der Waals surface area contributed by atoms with Crippen molar-refractivity contribution in [1.82, 2.24) is 4.98 Å². The number of hydrogen-bond acceptors (Lipinski definition) is 2. The number of carbonyl (C=O) groups is 1. The molecule has 3 heteroatoms. The minimum atomic E-state index is -0.338. The molecule has 0 fully saturated rings. The lowest BCUT2D eigenvalue weighted by Gasteiger charge is -2.07. The smallest absolute Gasteiger partial charge is 0.195 e. The Morgan fingerprint density at radius 1 is 1.05 bits per heavy atom. The summed E-state index contributed by atoms with van der Waals surface area (Å²) in [6.45, 7) is 1.73. The molecule has 0 aliphatic rings. The Kier molecular flexibility index (Phi) is 3.03. The first-order valence-electron chi connectivity index (χ1n) is 6.31. The summed E-state index contributed by atoms with van der Waals surface area (Å²) in [7, 11) is 0. The van der Waals surface area contributed by atoms with E-state index in [-0.39, 0.29) is 11.6 Å². The number of benzene rings is 2. The van der Waals surface area contributed by atoms with Gasteiger partial charge in [0.1, 0.15) is 5.82 Å². The summed E-state index contributed by atoms with van der Waals surface area (Å²) in [6.07, 6.45) is 1.66. The number of pyridine rings is 1. The molecule has 0 unspecified atom stereocenters. The fourth-order valence-electron chi connectivity index (χ4n) is 2.31. The van der Waals surface area contributed by atoms with Gasteiger partial charge in [-0.1, -0.05) is 18.2 Å². The number of aromatic nitrogens is 1. The van der Waals surface area contributed by atoms with Crippen molar-refractivity contribution < 1.29 is 9.18 Å². The van der Waals surface area contributed by atoms with Crippen LogP contribution < -0.4 is 0 Å². The second-order valence-electron chi connectivity index (χ2n) is 4.67. The van der Waals surface area contributed by atoms with E-state index in [1.54, 1.807) is 19.2 Å². The molecule has 3 aromatic rings. The number of ketones is 1. The van der Waals surface area contributed by atoms with Crippen molar-refractivity contribution >= 4 is 16.7 Å². The number of carbonyl (C=O) groups excluding carboxylic acids is 1. The summed E-state index contributed by atoms with van der Waals surface area (Å²) < 4.78 is 13.1. The number of hydrogen-bond donors (Lipinski definition) is 0. The lowest BCUT2D eigenvalue weighted by molar-refractivity contribution is 0.103. The average Bonchev–Trinajstić information content (AvgIpc) is 2.46. The molecule has 1 aromatic heterocycles. The van der Waals surface area contributed by atoms with Crippen LogP contribution >= 0.6 is 0 Å². The predicted octanol–water partition coefficient (Wildman–Crippen LogP) is 3.91. The second kappa shape index (κ2) is 4.85. The Labute approximate surface area is 115 Å². The molecular weight excluding hydrogens is 253 g/mol. The molecule has 3 rings (SSSR count). The molecular formula is C17H12FNO. The monoisotopic (exact) mass is 265 g/mol. The highest BCUT2D eigenvalue weighted by Gasteiger charge is 2.15. The second-order valence-corrected chi connectivity index (χ2v) is 4.67. The first-order valence-corrected chi connectivity index (χ1v) is 6.31. The van der Waals surface area contributed by atoms with E-state index in [1.807, 2.05) is 24.3 Å². The van der Waals surface area contributed by atoms with Crippen molar-refractivity contribution in [2.24, 2.45) is 0 Å². The van der Waals surface area contributed by atoms with Gasteiger partial charge in [0.05, 0.1) is 5.52 Å². The fraction of sp³-hybridized carbons (Fsp3) is 0.0588. The zero-order chi connectivity index (χ0) is 14.1. The standard InChI is InChI=1S/C17H12FNO/c1-11-10-13(18)7-8-14(11)17(20)15-6-2-4-12-5-3-9-19-16(12)15/h2-10H,1H3. The van der Waals surface area contributed by atoms with Gasteiger partial charge >= 0.3 is 0 Å². The number of fused-ring (bicyclic) bond motifs is 1. The van der Waals surface area contributed by atoms with Gasteiger partial charge in [0.2, 0.25) is 0 Å². The summed E-state index contributed by atoms with van der Waals surface area (Å²) >= 11 is 0. The van der Waals surface area contributed by atoms with E-state index in [4.69, 9.17) is 0 Å². The third-order valence-electron chi connectivity index (χ3n) is 3.31. The number of rotatable bonds is 2. The van der Waals surface area contributed by atoms with Gasteiger partial charge in [-0.2, -0.15) is 0 Å². The van der Waals surface area contributed by atoms with Crippen LogP contribution in [0.5, 0.6) is 0 Å². The molecule has 0 aliphatic carbocycles. The molecule has 2 aromatic carbocycles. The summed E-state index contributed by atoms with van der Waals surface area (Å²) in [5.41, 5.74) is 2.34. The van der Waals surface area contributed by atoms with Crippen molar-refractivity contribution in [3.8, 4) is 0 Å². The summed E-state index contributed by atoms with van der Waals surface area (Å²) in [6, 6.07) is 13.4. The van der Waals surface area contributed by atoms with Crippen LogP contribution in [0.2, 0.25) is 0 Å². The number of halogens is 1. The van der Waals surface area contributed by atoms with Crippen molar-refractivity contribution in [3.05, 3.63) is 77.2 Å². The third-order valence-corrected chi connectivity index (χ3v) is 3.31. The lowest BCUT2D eigenvalue weighted by atomic mass is 9.97. The first-order chi connectivity index (χ1) is 9.66. The number of nitrogens with zero attached hydrogens (tertiary/aromatic N) is 1. The van der Waals surface area contributed by atoms with Crippen LogP contribution in [0.3, 0.4) is 0 Å². The van der Waals surface area contributed by atoms with Crippen molar-refractivity contribution in [3.63, 3.8) is 0 Å². The topological polar surface area (TPSA) is 30.0 Å². The summed E-state index contributed by atoms with van der Waals surface area (Å²) in [4.78, 5) is 16.9. The predicted molar refractivity (Wildman–Crippen MR) is 76.3 cm³/mol. The van der Waals surface area contributed by atoms with E-state index in [0.29, 0.717) is 22.2 Å². The van der Waals surface area contributed by atoms with Crippen LogP contribution in [0.25, 0.3) is 10.9 Å². The normalized spacial score (nSPS) is 10.7. The average molecular weight is 265 g/mol. The van der Waals surface area contributed by atoms with Crippen molar-refractivity contribution in [1.29, 1.82) is 0 Å². The van der Waals surface area contributed by atoms with Crippen molar-refractivity contribution in [2.45, 2.75) is 6.92 Å². The van der Waals surface area contributed by atoms with E-state index in [2.05, 4.69) is 4.98 Å². The van der Waals surface area contributed by atoms with E-state index in [9.17, 15) is 9.18 Å². The first kappa shape index (κ1) is 12.5. The largest absolute Gasteiger partial charge is 0.289 e. The Morgan fingerprint density at radius 3 is 2.65 bits per heavy atom. The van der Waals surface area contributed by atoms with E-state index < -0.39 is 0 Å². The Bertz CT molecular complexity index is 806. The highest BCUT2D eigenvalue weighted by molar-refractivity contribution is 6.16. The molecule has 0 bridgehead atoms. The molecule has 0 atom stereocenters. The third kappa shape index (κ3) is 2.07. The van der Waals surface area contributed by atoms with Gasteiger partial charge < -0.3 is 0 Å². The Balaban J connectivity index is 2.18. The van der Waals surface area contributed by atoms with Crippen LogP contribution in [0.4, 0.5) is 4.39 Å². The zero-order valence-corrected chi connectivity index (χ0v) is 10.9. The molecule has 2 nitrogen and oxygen atoms in total. The minimum absolute atomic E-state index is 0.133. The zero-order valence-electron chi connectivity index (χ0n) is 10.9. The van der Waals surface area contributed by atoms with Gasteiger partial charge in [-0.25, -0.2) is 4.39 Å². The van der Waals surface area contributed by atoms with Crippen LogP contribution in [0, 0.1) is 12.7 Å².